The fourth-order valence-corrected chi connectivity index (χ4v) is 4.08. The number of aliphatic hydroxyl groups is 1. The van der Waals surface area contributed by atoms with Gasteiger partial charge in [0, 0.05) is 31.2 Å². The number of pyridine rings is 1. The molecule has 0 spiro atoms. The minimum atomic E-state index is -0.610. The van der Waals surface area contributed by atoms with Crippen LogP contribution in [0.15, 0.2) is 27.8 Å². The summed E-state index contributed by atoms with van der Waals surface area (Å²) in [7, 11) is 0. The first-order valence-corrected chi connectivity index (χ1v) is 11.1. The van der Waals surface area contributed by atoms with Crippen LogP contribution in [0.25, 0.3) is 0 Å². The van der Waals surface area contributed by atoms with Crippen LogP contribution in [-0.2, 0) is 4.74 Å². The lowest BCUT2D eigenvalue weighted by Gasteiger charge is -2.42. The third-order valence-electron chi connectivity index (χ3n) is 4.42. The first-order valence-electron chi connectivity index (χ1n) is 9.40. The molecule has 3 rings (SSSR count). The number of rotatable bonds is 4. The van der Waals surface area contributed by atoms with Gasteiger partial charge >= 0.3 is 6.09 Å². The van der Waals surface area contributed by atoms with Gasteiger partial charge in [-0.05, 0) is 42.8 Å². The highest BCUT2D eigenvalue weighted by Gasteiger charge is 2.33. The average molecular weight is 498 g/mol. The number of aliphatic hydroxyl groups excluding tert-OH is 1. The predicted octanol–water partition coefficient (Wildman–Crippen LogP) is 2.97. The lowest BCUT2D eigenvalue weighted by molar-refractivity contribution is 0.00705. The van der Waals surface area contributed by atoms with Gasteiger partial charge in [0.05, 0.1) is 30.2 Å². The van der Waals surface area contributed by atoms with Gasteiger partial charge in [-0.3, -0.25) is 14.7 Å². The smallest absolute Gasteiger partial charge is 0.410 e. The maximum Gasteiger partial charge on any atom is 0.410 e. The van der Waals surface area contributed by atoms with Gasteiger partial charge in [0.2, 0.25) is 0 Å². The van der Waals surface area contributed by atoms with E-state index in [1.54, 1.807) is 28.7 Å². The zero-order chi connectivity index (χ0) is 21.9. The minimum absolute atomic E-state index is 0.199. The van der Waals surface area contributed by atoms with Crippen molar-refractivity contribution in [1.29, 1.82) is 0 Å². The van der Waals surface area contributed by atoms with Gasteiger partial charge < -0.3 is 20.1 Å². The Bertz CT molecular complexity index is 916. The van der Waals surface area contributed by atoms with Crippen molar-refractivity contribution in [2.24, 2.45) is 0 Å². The molecule has 2 N–H and O–H groups in total. The summed E-state index contributed by atoms with van der Waals surface area (Å²) in [6.45, 7) is 6.52. The second-order valence-corrected chi connectivity index (χ2v) is 9.92. The number of aromatic nitrogens is 2. The van der Waals surface area contributed by atoms with Crippen LogP contribution in [-0.4, -0.2) is 69.9 Å². The zero-order valence-corrected chi connectivity index (χ0v) is 19.4. The molecule has 11 heteroatoms. The molecular formula is C19H24BrN5O4S. The third kappa shape index (κ3) is 5.46. The Balaban J connectivity index is 1.74. The molecule has 2 aromatic rings. The molecule has 2 aromatic heterocycles. The van der Waals surface area contributed by atoms with Gasteiger partial charge in [-0.15, -0.1) is 11.3 Å². The molecule has 1 atom stereocenters. The van der Waals surface area contributed by atoms with Crippen molar-refractivity contribution in [3.05, 3.63) is 33.5 Å². The highest BCUT2D eigenvalue weighted by molar-refractivity contribution is 9.11. The monoisotopic (exact) mass is 497 g/mol. The van der Waals surface area contributed by atoms with E-state index < -0.39 is 17.7 Å². The average Bonchev–Trinajstić information content (AvgIpc) is 3.13. The molecule has 1 saturated heterocycles. The molecule has 0 aromatic carbocycles. The van der Waals surface area contributed by atoms with E-state index in [4.69, 9.17) is 4.74 Å². The van der Waals surface area contributed by atoms with E-state index in [0.29, 0.717) is 34.9 Å². The van der Waals surface area contributed by atoms with E-state index in [0.717, 1.165) is 5.69 Å². The molecule has 1 aliphatic heterocycles. The third-order valence-corrected chi connectivity index (χ3v) is 5.78. The Hall–Kier alpha value is -2.24. The number of carbonyl (C=O) groups excluding carboxylic acids is 2. The molecule has 9 nitrogen and oxygen atoms in total. The summed E-state index contributed by atoms with van der Waals surface area (Å²) in [5, 5.41) is 14.4. The first kappa shape index (κ1) is 22.4. The molecule has 0 saturated carbocycles. The second kappa shape index (κ2) is 9.27. The molecule has 2 amide bonds. The second-order valence-electron chi connectivity index (χ2n) is 7.79. The molecular weight excluding hydrogens is 474 g/mol. The van der Waals surface area contributed by atoms with Crippen LogP contribution in [0.3, 0.4) is 0 Å². The highest BCUT2D eigenvalue weighted by Crippen LogP contribution is 2.28. The van der Waals surface area contributed by atoms with Crippen LogP contribution in [0.4, 0.5) is 16.2 Å². The van der Waals surface area contributed by atoms with E-state index in [1.807, 2.05) is 25.7 Å². The SMILES string of the molecule is CC(C)(C)OC(=O)N1CCN(c2ccncc2NC(=O)c2csc(Br)n2)C[C@@H]1CO. The van der Waals surface area contributed by atoms with Gasteiger partial charge in [0.1, 0.15) is 11.3 Å². The number of piperazine rings is 1. The molecule has 0 bridgehead atoms. The van der Waals surface area contributed by atoms with Gasteiger partial charge in [-0.1, -0.05) is 0 Å². The van der Waals surface area contributed by atoms with Crippen molar-refractivity contribution >= 4 is 50.6 Å². The highest BCUT2D eigenvalue weighted by atomic mass is 79.9. The van der Waals surface area contributed by atoms with Crippen molar-refractivity contribution in [2.75, 3.05) is 36.5 Å². The fraction of sp³-hybridized carbons (Fsp3) is 0.474. The fourth-order valence-electron chi connectivity index (χ4n) is 3.09. The van der Waals surface area contributed by atoms with Crippen LogP contribution in [0, 0.1) is 0 Å². The maximum absolute atomic E-state index is 12.5. The Kier molecular flexibility index (Phi) is 6.94. The quantitative estimate of drug-likeness (QED) is 0.668. The Morgan fingerprint density at radius 3 is 2.80 bits per heavy atom. The Labute approximate surface area is 187 Å². The standard InChI is InChI=1S/C19H24BrN5O4S/c1-19(2,3)29-18(28)25-7-6-24(9-12(25)10-26)15-4-5-21-8-13(15)22-16(27)14-11-30-17(20)23-14/h4-5,8,11-12,26H,6-7,9-10H2,1-3H3,(H,22,27)/t12-/m1/s1. The van der Waals surface area contributed by atoms with Gasteiger partial charge in [0.25, 0.3) is 5.91 Å². The van der Waals surface area contributed by atoms with Gasteiger partial charge in [0.15, 0.2) is 3.92 Å². The van der Waals surface area contributed by atoms with Crippen molar-refractivity contribution in [2.45, 2.75) is 32.4 Å². The van der Waals surface area contributed by atoms with E-state index in [1.165, 1.54) is 11.3 Å². The number of amides is 2. The summed E-state index contributed by atoms with van der Waals surface area (Å²) in [6, 6.07) is 1.37. The molecule has 162 valence electrons. The Morgan fingerprint density at radius 1 is 1.40 bits per heavy atom. The van der Waals surface area contributed by atoms with Crippen molar-refractivity contribution in [3.8, 4) is 0 Å². The summed E-state index contributed by atoms with van der Waals surface area (Å²) >= 11 is 4.58. The van der Waals surface area contributed by atoms with E-state index >= 15 is 0 Å². The van der Waals surface area contributed by atoms with E-state index in [2.05, 4.69) is 31.2 Å². The first-order chi connectivity index (χ1) is 14.2. The van der Waals surface area contributed by atoms with Gasteiger partial charge in [-0.2, -0.15) is 0 Å². The number of hydrogen-bond donors (Lipinski definition) is 2. The van der Waals surface area contributed by atoms with Gasteiger partial charge in [-0.25, -0.2) is 9.78 Å². The minimum Gasteiger partial charge on any atom is -0.444 e. The largest absolute Gasteiger partial charge is 0.444 e. The molecule has 1 fully saturated rings. The molecule has 1 aliphatic rings. The molecule has 0 unspecified atom stereocenters. The number of nitrogens with one attached hydrogen (secondary N) is 1. The summed E-state index contributed by atoms with van der Waals surface area (Å²) < 4.78 is 6.09. The van der Waals surface area contributed by atoms with E-state index in [9.17, 15) is 14.7 Å². The van der Waals surface area contributed by atoms with Crippen molar-refractivity contribution in [1.82, 2.24) is 14.9 Å². The van der Waals surface area contributed by atoms with Crippen molar-refractivity contribution < 1.29 is 19.4 Å². The lowest BCUT2D eigenvalue weighted by Crippen LogP contribution is -2.57. The number of thiazole rings is 1. The molecule has 3 heterocycles. The predicted molar refractivity (Wildman–Crippen MR) is 118 cm³/mol. The summed E-state index contributed by atoms with van der Waals surface area (Å²) in [5.41, 5.74) is 0.996. The number of hydrogen-bond acceptors (Lipinski definition) is 8. The number of anilines is 2. The maximum atomic E-state index is 12.5. The van der Waals surface area contributed by atoms with Crippen LogP contribution in [0.5, 0.6) is 0 Å². The topological polar surface area (TPSA) is 108 Å². The van der Waals surface area contributed by atoms with Crippen LogP contribution in [0.2, 0.25) is 0 Å². The number of halogens is 1. The van der Waals surface area contributed by atoms with Crippen LogP contribution in [0.1, 0.15) is 31.3 Å². The number of nitrogens with zero attached hydrogens (tertiary/aromatic N) is 4. The Morgan fingerprint density at radius 2 is 2.17 bits per heavy atom. The van der Waals surface area contributed by atoms with Crippen LogP contribution < -0.4 is 10.2 Å². The zero-order valence-electron chi connectivity index (χ0n) is 17.0. The van der Waals surface area contributed by atoms with Crippen LogP contribution >= 0.6 is 27.3 Å². The summed E-state index contributed by atoms with van der Waals surface area (Å²) in [5.74, 6) is -0.336. The number of ether oxygens (including phenoxy) is 1. The normalized spacial score (nSPS) is 17.0. The molecule has 0 radical (unpaired) electrons. The lowest BCUT2D eigenvalue weighted by atomic mass is 10.1. The summed E-state index contributed by atoms with van der Waals surface area (Å²) in [6.07, 6.45) is 2.76. The van der Waals surface area contributed by atoms with E-state index in [-0.39, 0.29) is 12.5 Å². The molecule has 0 aliphatic carbocycles. The number of carbonyl (C=O) groups is 2. The van der Waals surface area contributed by atoms with Crippen molar-refractivity contribution in [3.63, 3.8) is 0 Å². The molecule has 30 heavy (non-hydrogen) atoms. The summed E-state index contributed by atoms with van der Waals surface area (Å²) in [4.78, 5) is 36.8.